The molecule has 2 amide bonds. The van der Waals surface area contributed by atoms with Crippen molar-refractivity contribution < 1.29 is 32.3 Å². The van der Waals surface area contributed by atoms with Gasteiger partial charge in [0.05, 0.1) is 24.2 Å². The molecular weight excluding hydrogens is 376 g/mol. The lowest BCUT2D eigenvalue weighted by molar-refractivity contribution is -0.147. The normalized spacial score (nSPS) is 20.5. The molecule has 1 heterocycles. The zero-order valence-corrected chi connectivity index (χ0v) is 15.9. The van der Waals surface area contributed by atoms with E-state index < -0.39 is 46.3 Å². The van der Waals surface area contributed by atoms with E-state index in [0.717, 1.165) is 0 Å². The molecule has 2 rings (SSSR count). The summed E-state index contributed by atoms with van der Waals surface area (Å²) in [5.41, 5.74) is -0.512. The highest BCUT2D eigenvalue weighted by Gasteiger charge is 2.39. The highest BCUT2D eigenvalue weighted by Crippen LogP contribution is 2.22. The largest absolute Gasteiger partial charge is 0.497 e. The molecule has 1 aromatic carbocycles. The number of carbonyl (C=O) groups excluding carboxylic acids is 3. The molecule has 2 N–H and O–H groups in total. The lowest BCUT2D eigenvalue weighted by atomic mass is 10.0. The van der Waals surface area contributed by atoms with Gasteiger partial charge in [-0.15, -0.1) is 0 Å². The minimum Gasteiger partial charge on any atom is -0.497 e. The van der Waals surface area contributed by atoms with Gasteiger partial charge in [0.1, 0.15) is 12.3 Å². The number of carbonyl (C=O) groups is 3. The molecule has 9 nitrogen and oxygen atoms in total. The zero-order chi connectivity index (χ0) is 20.1. The number of amides is 2. The maximum Gasteiger partial charge on any atom is 0.325 e. The molecule has 0 bridgehead atoms. The van der Waals surface area contributed by atoms with Gasteiger partial charge in [0.2, 0.25) is 0 Å². The summed E-state index contributed by atoms with van der Waals surface area (Å²) < 4.78 is 32.8. The maximum absolute atomic E-state index is 11.9. The molecular formula is C17H22N2O7S. The molecule has 1 fully saturated rings. The van der Waals surface area contributed by atoms with Crippen LogP contribution in [0.4, 0.5) is 0 Å². The number of ether oxygens (including phenoxy) is 2. The van der Waals surface area contributed by atoms with E-state index in [1.54, 1.807) is 31.2 Å². The van der Waals surface area contributed by atoms with Crippen LogP contribution in [0.1, 0.15) is 23.7 Å². The van der Waals surface area contributed by atoms with Crippen LogP contribution >= 0.6 is 0 Å². The van der Waals surface area contributed by atoms with Crippen molar-refractivity contribution in [2.75, 3.05) is 31.8 Å². The van der Waals surface area contributed by atoms with Gasteiger partial charge in [-0.3, -0.25) is 14.4 Å². The molecule has 1 aliphatic rings. The van der Waals surface area contributed by atoms with E-state index in [0.29, 0.717) is 17.7 Å². The molecule has 0 radical (unpaired) electrons. The van der Waals surface area contributed by atoms with Crippen LogP contribution in [0.25, 0.3) is 0 Å². The first-order chi connectivity index (χ1) is 12.6. The van der Waals surface area contributed by atoms with Gasteiger partial charge in [0.15, 0.2) is 16.4 Å². The SMILES string of the molecule is COc1ccc(C(=O)NCC(=O)OCC(=O)N[C@@]2(C)CCS(=O)(=O)C2)cc1. The van der Waals surface area contributed by atoms with Crippen LogP contribution in [0, 0.1) is 0 Å². The molecule has 0 aliphatic carbocycles. The van der Waals surface area contributed by atoms with Crippen LogP contribution in [0.3, 0.4) is 0 Å². The van der Waals surface area contributed by atoms with Crippen molar-refractivity contribution in [3.05, 3.63) is 29.8 Å². The number of hydrogen-bond acceptors (Lipinski definition) is 7. The fourth-order valence-electron chi connectivity index (χ4n) is 2.68. The van der Waals surface area contributed by atoms with Gasteiger partial charge in [0.25, 0.3) is 11.8 Å². The molecule has 1 saturated heterocycles. The summed E-state index contributed by atoms with van der Waals surface area (Å²) in [7, 11) is -1.65. The highest BCUT2D eigenvalue weighted by atomic mass is 32.2. The summed E-state index contributed by atoms with van der Waals surface area (Å²) in [6, 6.07) is 6.31. The molecule has 1 atom stereocenters. The minimum absolute atomic E-state index is 0.0148. The summed E-state index contributed by atoms with van der Waals surface area (Å²) in [4.78, 5) is 35.5. The number of esters is 1. The standard InChI is InChI=1S/C17H22N2O7S/c1-17(7-8-27(23,24)11-17)19-14(20)10-26-15(21)9-18-16(22)12-3-5-13(25-2)6-4-12/h3-6H,7-11H2,1-2H3,(H,18,22)(H,19,20)/t17-/m0/s1. The topological polar surface area (TPSA) is 128 Å². The first-order valence-corrected chi connectivity index (χ1v) is 10.0. The Morgan fingerprint density at radius 1 is 1.19 bits per heavy atom. The van der Waals surface area contributed by atoms with Crippen molar-refractivity contribution in [2.24, 2.45) is 0 Å². The van der Waals surface area contributed by atoms with Gasteiger partial charge >= 0.3 is 5.97 Å². The second-order valence-corrected chi connectivity index (χ2v) is 8.71. The monoisotopic (exact) mass is 398 g/mol. The van der Waals surface area contributed by atoms with E-state index >= 15 is 0 Å². The summed E-state index contributed by atoms with van der Waals surface area (Å²) in [5.74, 6) is -1.37. The van der Waals surface area contributed by atoms with E-state index in [-0.39, 0.29) is 11.5 Å². The average molecular weight is 398 g/mol. The van der Waals surface area contributed by atoms with Crippen molar-refractivity contribution in [3.63, 3.8) is 0 Å². The summed E-state index contributed by atoms with van der Waals surface area (Å²) >= 11 is 0. The van der Waals surface area contributed by atoms with E-state index in [2.05, 4.69) is 10.6 Å². The Labute approximate surface area is 157 Å². The average Bonchev–Trinajstić information content (AvgIpc) is 2.90. The molecule has 0 aromatic heterocycles. The Balaban J connectivity index is 1.72. The summed E-state index contributed by atoms with van der Waals surface area (Å²) in [5, 5.41) is 4.96. The third kappa shape index (κ3) is 6.24. The van der Waals surface area contributed by atoms with Crippen LogP contribution in [0.5, 0.6) is 5.75 Å². The van der Waals surface area contributed by atoms with Crippen molar-refractivity contribution in [1.82, 2.24) is 10.6 Å². The number of rotatable bonds is 7. The van der Waals surface area contributed by atoms with E-state index in [9.17, 15) is 22.8 Å². The smallest absolute Gasteiger partial charge is 0.325 e. The van der Waals surface area contributed by atoms with Crippen LogP contribution in [-0.2, 0) is 24.2 Å². The van der Waals surface area contributed by atoms with E-state index in [4.69, 9.17) is 9.47 Å². The summed E-state index contributed by atoms with van der Waals surface area (Å²) in [6.07, 6.45) is 0.312. The fourth-order valence-corrected chi connectivity index (χ4v) is 4.77. The Kier molecular flexibility index (Phi) is 6.42. The van der Waals surface area contributed by atoms with Gasteiger partial charge in [0, 0.05) is 5.56 Å². The molecule has 148 valence electrons. The van der Waals surface area contributed by atoms with Crippen molar-refractivity contribution in [2.45, 2.75) is 18.9 Å². The zero-order valence-electron chi connectivity index (χ0n) is 15.1. The highest BCUT2D eigenvalue weighted by molar-refractivity contribution is 7.91. The lowest BCUT2D eigenvalue weighted by Crippen LogP contribution is -2.48. The molecule has 0 spiro atoms. The Bertz CT molecular complexity index is 820. The quantitative estimate of drug-likeness (QED) is 0.602. The van der Waals surface area contributed by atoms with Gasteiger partial charge in [-0.05, 0) is 37.6 Å². The van der Waals surface area contributed by atoms with Crippen molar-refractivity contribution in [3.8, 4) is 5.75 Å². The molecule has 27 heavy (non-hydrogen) atoms. The first-order valence-electron chi connectivity index (χ1n) is 8.22. The first kappa shape index (κ1) is 20.7. The third-order valence-electron chi connectivity index (χ3n) is 4.05. The third-order valence-corrected chi connectivity index (χ3v) is 5.96. The Hall–Kier alpha value is -2.62. The van der Waals surface area contributed by atoms with Crippen molar-refractivity contribution in [1.29, 1.82) is 0 Å². The number of sulfone groups is 1. The Morgan fingerprint density at radius 2 is 1.85 bits per heavy atom. The van der Waals surface area contributed by atoms with Gasteiger partial charge < -0.3 is 20.1 Å². The van der Waals surface area contributed by atoms with Crippen LogP contribution in [0.2, 0.25) is 0 Å². The van der Waals surface area contributed by atoms with Gasteiger partial charge in [-0.25, -0.2) is 8.42 Å². The second-order valence-electron chi connectivity index (χ2n) is 6.52. The lowest BCUT2D eigenvalue weighted by Gasteiger charge is -2.23. The number of nitrogens with one attached hydrogen (secondary N) is 2. The van der Waals surface area contributed by atoms with Gasteiger partial charge in [-0.1, -0.05) is 0 Å². The number of hydrogen-bond donors (Lipinski definition) is 2. The maximum atomic E-state index is 11.9. The number of benzene rings is 1. The van der Waals surface area contributed by atoms with Crippen LogP contribution in [-0.4, -0.2) is 63.5 Å². The molecule has 0 saturated carbocycles. The number of methoxy groups -OCH3 is 1. The summed E-state index contributed by atoms with van der Waals surface area (Å²) in [6.45, 7) is 0.684. The van der Waals surface area contributed by atoms with Crippen LogP contribution < -0.4 is 15.4 Å². The van der Waals surface area contributed by atoms with Crippen molar-refractivity contribution >= 4 is 27.6 Å². The molecule has 1 aliphatic heterocycles. The predicted octanol–water partition coefficient (Wildman–Crippen LogP) is -0.338. The molecule has 1 aromatic rings. The fraction of sp³-hybridized carbons (Fsp3) is 0.471. The van der Waals surface area contributed by atoms with E-state index in [1.165, 1.54) is 7.11 Å². The Morgan fingerprint density at radius 3 is 2.41 bits per heavy atom. The molecule has 10 heteroatoms. The predicted molar refractivity (Wildman–Crippen MR) is 96.1 cm³/mol. The molecule has 0 unspecified atom stereocenters. The minimum atomic E-state index is -3.16. The van der Waals surface area contributed by atoms with E-state index in [1.807, 2.05) is 0 Å². The second kappa shape index (κ2) is 8.38. The van der Waals surface area contributed by atoms with Crippen LogP contribution in [0.15, 0.2) is 24.3 Å². The van der Waals surface area contributed by atoms with Gasteiger partial charge in [-0.2, -0.15) is 0 Å².